The lowest BCUT2D eigenvalue weighted by atomic mass is 10.0. The van der Waals surface area contributed by atoms with Gasteiger partial charge in [-0.15, -0.1) is 0 Å². The number of imidazole rings is 1. The average Bonchev–Trinajstić information content (AvgIpc) is 3.70. The summed E-state index contributed by atoms with van der Waals surface area (Å²) in [5.74, 6) is 0.563. The number of amides is 3. The second-order valence-corrected chi connectivity index (χ2v) is 10.4. The van der Waals surface area contributed by atoms with Crippen molar-refractivity contribution in [2.45, 2.75) is 44.2 Å². The smallest absolute Gasteiger partial charge is 0.327 e. The summed E-state index contributed by atoms with van der Waals surface area (Å²) in [6, 6.07) is 13.1. The normalized spacial score (nSPS) is 21.1. The molecule has 1 aliphatic carbocycles. The van der Waals surface area contributed by atoms with E-state index in [1.807, 2.05) is 35.2 Å². The van der Waals surface area contributed by atoms with Gasteiger partial charge in [-0.2, -0.15) is 0 Å². The fourth-order valence-corrected chi connectivity index (χ4v) is 5.57. The van der Waals surface area contributed by atoms with Crippen molar-refractivity contribution < 1.29 is 9.59 Å². The van der Waals surface area contributed by atoms with E-state index in [0.29, 0.717) is 50.5 Å². The number of aromatic nitrogens is 3. The SMILES string of the molecule is O=C(N[C@@H]1CC=C(c2ccccc2)CN(CC2CC2)C1=O)N1CCC(n2c(=O)[nH]c3ncccc32)CC1. The topological polar surface area (TPSA) is 103 Å². The van der Waals surface area contributed by atoms with E-state index >= 15 is 0 Å². The molecule has 3 aromatic rings. The number of piperidine rings is 1. The first-order valence-electron chi connectivity index (χ1n) is 13.2. The Morgan fingerprint density at radius 2 is 1.81 bits per heavy atom. The third-order valence-electron chi connectivity index (χ3n) is 7.80. The Balaban J connectivity index is 1.13. The standard InChI is InChI=1S/C28H32N6O3/c35-26-23(11-10-21(20-5-2-1-3-6-20)18-33(26)17-19-8-9-19)30-27(36)32-15-12-22(13-16-32)34-24-7-4-14-29-25(24)31-28(34)37/h1-7,10,14,19,22-23H,8-9,11-13,15-18H2,(H,30,36)(H,29,31,37)/t23-/m1/s1. The van der Waals surface area contributed by atoms with Crippen molar-refractivity contribution in [1.29, 1.82) is 0 Å². The van der Waals surface area contributed by atoms with E-state index < -0.39 is 6.04 Å². The minimum absolute atomic E-state index is 0.000546. The molecule has 9 heteroatoms. The highest BCUT2D eigenvalue weighted by atomic mass is 16.2. The number of urea groups is 1. The first-order valence-corrected chi connectivity index (χ1v) is 13.2. The van der Waals surface area contributed by atoms with Crippen LogP contribution < -0.4 is 11.0 Å². The predicted molar refractivity (Wildman–Crippen MR) is 141 cm³/mol. The molecule has 3 aliphatic rings. The molecule has 0 unspecified atom stereocenters. The van der Waals surface area contributed by atoms with Gasteiger partial charge in [0.2, 0.25) is 5.91 Å². The van der Waals surface area contributed by atoms with Crippen molar-refractivity contribution in [3.8, 4) is 0 Å². The van der Waals surface area contributed by atoms with Crippen molar-refractivity contribution in [2.75, 3.05) is 26.2 Å². The minimum atomic E-state index is -0.576. The molecule has 1 saturated carbocycles. The summed E-state index contributed by atoms with van der Waals surface area (Å²) in [5.41, 5.74) is 3.45. The maximum absolute atomic E-state index is 13.5. The van der Waals surface area contributed by atoms with Crippen LogP contribution in [0.2, 0.25) is 0 Å². The summed E-state index contributed by atoms with van der Waals surface area (Å²) in [6.45, 7) is 2.36. The predicted octanol–water partition coefficient (Wildman–Crippen LogP) is 3.17. The molecule has 37 heavy (non-hydrogen) atoms. The van der Waals surface area contributed by atoms with Crippen molar-refractivity contribution in [1.82, 2.24) is 29.7 Å². The van der Waals surface area contributed by atoms with Crippen molar-refractivity contribution in [2.24, 2.45) is 5.92 Å². The fourth-order valence-electron chi connectivity index (χ4n) is 5.57. The second kappa shape index (κ2) is 9.88. The maximum Gasteiger partial charge on any atom is 0.327 e. The van der Waals surface area contributed by atoms with Crippen LogP contribution in [0.3, 0.4) is 0 Å². The van der Waals surface area contributed by atoms with Gasteiger partial charge in [-0.1, -0.05) is 36.4 Å². The third kappa shape index (κ3) is 4.90. The lowest BCUT2D eigenvalue weighted by Crippen LogP contribution is -2.53. The van der Waals surface area contributed by atoms with Crippen molar-refractivity contribution >= 4 is 28.7 Å². The molecular weight excluding hydrogens is 468 g/mol. The Morgan fingerprint density at radius 1 is 1.03 bits per heavy atom. The highest BCUT2D eigenvalue weighted by Gasteiger charge is 2.34. The van der Waals surface area contributed by atoms with Gasteiger partial charge in [-0.25, -0.2) is 14.6 Å². The number of benzene rings is 1. The minimum Gasteiger partial charge on any atom is -0.336 e. The average molecular weight is 501 g/mol. The van der Waals surface area contributed by atoms with E-state index in [4.69, 9.17) is 0 Å². The van der Waals surface area contributed by atoms with Gasteiger partial charge in [-0.05, 0) is 61.3 Å². The second-order valence-electron chi connectivity index (χ2n) is 10.4. The van der Waals surface area contributed by atoms with Gasteiger partial charge in [0.1, 0.15) is 6.04 Å². The number of carbonyl (C=O) groups is 2. The van der Waals surface area contributed by atoms with Crippen LogP contribution in [0.25, 0.3) is 16.7 Å². The molecule has 2 aliphatic heterocycles. The van der Waals surface area contributed by atoms with Gasteiger partial charge in [-0.3, -0.25) is 14.3 Å². The number of rotatable bonds is 5. The van der Waals surface area contributed by atoms with Gasteiger partial charge >= 0.3 is 11.7 Å². The van der Waals surface area contributed by atoms with Crippen LogP contribution >= 0.6 is 0 Å². The van der Waals surface area contributed by atoms with E-state index in [1.54, 1.807) is 15.7 Å². The molecule has 0 spiro atoms. The van der Waals surface area contributed by atoms with Gasteiger partial charge in [0.25, 0.3) is 0 Å². The van der Waals surface area contributed by atoms with Crippen LogP contribution in [-0.2, 0) is 4.79 Å². The lowest BCUT2D eigenvalue weighted by molar-refractivity contribution is -0.132. The highest BCUT2D eigenvalue weighted by molar-refractivity contribution is 5.90. The molecule has 1 saturated heterocycles. The maximum atomic E-state index is 13.5. The van der Waals surface area contributed by atoms with Crippen LogP contribution in [0.15, 0.2) is 59.5 Å². The molecule has 1 atom stereocenters. The van der Waals surface area contributed by atoms with Crippen LogP contribution in [0, 0.1) is 5.92 Å². The molecule has 1 aromatic carbocycles. The number of hydrogen-bond donors (Lipinski definition) is 2. The molecule has 2 N–H and O–H groups in total. The number of nitrogens with one attached hydrogen (secondary N) is 2. The number of carbonyl (C=O) groups excluding carboxylic acids is 2. The summed E-state index contributed by atoms with van der Waals surface area (Å²) >= 11 is 0. The van der Waals surface area contributed by atoms with E-state index in [2.05, 4.69) is 33.5 Å². The van der Waals surface area contributed by atoms with Crippen LogP contribution in [0.4, 0.5) is 4.79 Å². The molecule has 0 radical (unpaired) electrons. The summed E-state index contributed by atoms with van der Waals surface area (Å²) < 4.78 is 1.76. The van der Waals surface area contributed by atoms with Gasteiger partial charge in [0.15, 0.2) is 5.65 Å². The fraction of sp³-hybridized carbons (Fsp3) is 0.429. The van der Waals surface area contributed by atoms with Crippen LogP contribution in [0.1, 0.15) is 43.7 Å². The van der Waals surface area contributed by atoms with Crippen LogP contribution in [-0.4, -0.2) is 68.5 Å². The summed E-state index contributed by atoms with van der Waals surface area (Å²) in [6.07, 6.45) is 7.90. The zero-order chi connectivity index (χ0) is 25.4. The number of aromatic amines is 1. The van der Waals surface area contributed by atoms with E-state index in [9.17, 15) is 14.4 Å². The monoisotopic (exact) mass is 500 g/mol. The highest BCUT2D eigenvalue weighted by Crippen LogP contribution is 2.32. The Bertz CT molecular complexity index is 1380. The van der Waals surface area contributed by atoms with Gasteiger partial charge < -0.3 is 15.1 Å². The van der Waals surface area contributed by atoms with Crippen molar-refractivity contribution in [3.05, 3.63) is 70.8 Å². The molecule has 2 fully saturated rings. The van der Waals surface area contributed by atoms with Gasteiger partial charge in [0.05, 0.1) is 5.52 Å². The number of nitrogens with zero attached hydrogens (tertiary/aromatic N) is 4. The molecule has 0 bridgehead atoms. The van der Waals surface area contributed by atoms with Gasteiger partial charge in [0, 0.05) is 38.4 Å². The zero-order valence-electron chi connectivity index (χ0n) is 20.8. The summed E-state index contributed by atoms with van der Waals surface area (Å²) in [4.78, 5) is 50.0. The first kappa shape index (κ1) is 23.5. The first-order chi connectivity index (χ1) is 18.1. The largest absolute Gasteiger partial charge is 0.336 e. The quantitative estimate of drug-likeness (QED) is 0.562. The molecule has 2 aromatic heterocycles. The van der Waals surface area contributed by atoms with E-state index in [1.165, 1.54) is 0 Å². The van der Waals surface area contributed by atoms with E-state index in [0.717, 1.165) is 36.0 Å². The number of hydrogen-bond acceptors (Lipinski definition) is 4. The molecule has 192 valence electrons. The Hall–Kier alpha value is -3.88. The lowest BCUT2D eigenvalue weighted by Gasteiger charge is -2.34. The Kier molecular flexibility index (Phi) is 6.28. The van der Waals surface area contributed by atoms with E-state index in [-0.39, 0.29) is 23.7 Å². The zero-order valence-corrected chi connectivity index (χ0v) is 20.8. The summed E-state index contributed by atoms with van der Waals surface area (Å²) in [7, 11) is 0. The number of fused-ring (bicyclic) bond motifs is 1. The Morgan fingerprint density at radius 3 is 2.57 bits per heavy atom. The number of pyridine rings is 1. The molecule has 3 amide bonds. The molecular formula is C28H32N6O3. The molecule has 9 nitrogen and oxygen atoms in total. The third-order valence-corrected chi connectivity index (χ3v) is 7.80. The molecule has 6 rings (SSSR count). The van der Waals surface area contributed by atoms with Crippen LogP contribution in [0.5, 0.6) is 0 Å². The van der Waals surface area contributed by atoms with Crippen molar-refractivity contribution in [3.63, 3.8) is 0 Å². The number of likely N-dealkylation sites (tertiary alicyclic amines) is 1. The summed E-state index contributed by atoms with van der Waals surface area (Å²) in [5, 5.41) is 3.03. The number of H-pyrrole nitrogens is 1. The molecule has 4 heterocycles. The Labute approximate surface area is 215 Å².